The van der Waals surface area contributed by atoms with Gasteiger partial charge in [0.25, 0.3) is 11.8 Å². The van der Waals surface area contributed by atoms with Crippen molar-refractivity contribution < 1.29 is 14.0 Å². The highest BCUT2D eigenvalue weighted by Crippen LogP contribution is 2.20. The zero-order valence-electron chi connectivity index (χ0n) is 15.9. The van der Waals surface area contributed by atoms with Gasteiger partial charge >= 0.3 is 0 Å². The van der Waals surface area contributed by atoms with Crippen molar-refractivity contribution in [2.75, 3.05) is 24.6 Å². The van der Waals surface area contributed by atoms with Crippen LogP contribution in [0.1, 0.15) is 46.9 Å². The second-order valence-corrected chi connectivity index (χ2v) is 7.31. The van der Waals surface area contributed by atoms with Crippen LogP contribution in [0.5, 0.6) is 0 Å². The number of furan rings is 1. The van der Waals surface area contributed by atoms with Crippen LogP contribution in [0.4, 0.5) is 5.69 Å². The molecule has 1 saturated heterocycles. The smallest absolute Gasteiger partial charge is 0.257 e. The van der Waals surface area contributed by atoms with E-state index in [2.05, 4.69) is 10.4 Å². The summed E-state index contributed by atoms with van der Waals surface area (Å²) in [5.74, 6) is -0.0961. The SMILES string of the molecule is CC1=NN(c2ccc(C(=O)NC3CCN(C(=O)c4ccoc4)CC3)cc2)CC1. The van der Waals surface area contributed by atoms with Gasteiger partial charge in [0.05, 0.1) is 17.5 Å². The van der Waals surface area contributed by atoms with Gasteiger partial charge in [-0.2, -0.15) is 5.10 Å². The molecule has 4 rings (SSSR count). The number of benzene rings is 1. The van der Waals surface area contributed by atoms with Gasteiger partial charge in [0, 0.05) is 43.4 Å². The van der Waals surface area contributed by atoms with Crippen molar-refractivity contribution in [2.24, 2.45) is 5.10 Å². The number of anilines is 1. The van der Waals surface area contributed by atoms with E-state index in [1.807, 2.05) is 36.2 Å². The number of hydrogen-bond donors (Lipinski definition) is 1. The molecule has 1 fully saturated rings. The fourth-order valence-corrected chi connectivity index (χ4v) is 3.61. The summed E-state index contributed by atoms with van der Waals surface area (Å²) in [6.45, 7) is 4.16. The number of amides is 2. The molecular weight excluding hydrogens is 356 g/mol. The zero-order valence-corrected chi connectivity index (χ0v) is 15.9. The number of hydrazone groups is 1. The molecule has 1 aromatic carbocycles. The van der Waals surface area contributed by atoms with Gasteiger partial charge in [-0.1, -0.05) is 0 Å². The molecule has 2 aliphatic rings. The third kappa shape index (κ3) is 3.93. The van der Waals surface area contributed by atoms with E-state index in [0.717, 1.165) is 37.2 Å². The lowest BCUT2D eigenvalue weighted by atomic mass is 10.0. The summed E-state index contributed by atoms with van der Waals surface area (Å²) in [6.07, 6.45) is 5.44. The number of carbonyl (C=O) groups is 2. The number of piperidine rings is 1. The molecule has 2 aromatic rings. The van der Waals surface area contributed by atoms with Crippen molar-refractivity contribution in [3.8, 4) is 0 Å². The number of likely N-dealkylation sites (tertiary alicyclic amines) is 1. The lowest BCUT2D eigenvalue weighted by molar-refractivity contribution is 0.0697. The highest BCUT2D eigenvalue weighted by atomic mass is 16.3. The number of nitrogens with zero attached hydrogens (tertiary/aromatic N) is 3. The Hall–Kier alpha value is -3.09. The molecule has 0 unspecified atom stereocenters. The highest BCUT2D eigenvalue weighted by Gasteiger charge is 2.25. The van der Waals surface area contributed by atoms with E-state index in [1.54, 1.807) is 11.0 Å². The van der Waals surface area contributed by atoms with Gasteiger partial charge in [0.2, 0.25) is 0 Å². The molecule has 0 saturated carbocycles. The van der Waals surface area contributed by atoms with Crippen molar-refractivity contribution in [1.82, 2.24) is 10.2 Å². The normalized spacial score (nSPS) is 17.5. The average Bonchev–Trinajstić information content (AvgIpc) is 3.40. The van der Waals surface area contributed by atoms with Gasteiger partial charge in [0.15, 0.2) is 0 Å². The fraction of sp³-hybridized carbons (Fsp3) is 0.381. The predicted molar refractivity (Wildman–Crippen MR) is 107 cm³/mol. The summed E-state index contributed by atoms with van der Waals surface area (Å²) in [6, 6.07) is 9.30. The van der Waals surface area contributed by atoms with Gasteiger partial charge in [-0.3, -0.25) is 14.6 Å². The summed E-state index contributed by atoms with van der Waals surface area (Å²) in [7, 11) is 0. The van der Waals surface area contributed by atoms with Crippen molar-refractivity contribution >= 4 is 23.2 Å². The zero-order chi connectivity index (χ0) is 19.5. The van der Waals surface area contributed by atoms with E-state index in [4.69, 9.17) is 4.42 Å². The Morgan fingerprint density at radius 2 is 1.82 bits per heavy atom. The first kappa shape index (κ1) is 18.3. The first-order valence-corrected chi connectivity index (χ1v) is 9.64. The van der Waals surface area contributed by atoms with Crippen LogP contribution in [0.3, 0.4) is 0 Å². The minimum Gasteiger partial charge on any atom is -0.472 e. The Morgan fingerprint density at radius 3 is 2.43 bits per heavy atom. The van der Waals surface area contributed by atoms with Crippen LogP contribution in [0.15, 0.2) is 52.4 Å². The second kappa shape index (κ2) is 7.88. The summed E-state index contributed by atoms with van der Waals surface area (Å²) < 4.78 is 4.98. The topological polar surface area (TPSA) is 78.2 Å². The standard InChI is InChI=1S/C21H24N4O3/c1-15-6-12-25(23-15)19-4-2-16(3-5-19)20(26)22-18-7-10-24(11-8-18)21(27)17-9-13-28-14-17/h2-5,9,13-14,18H,6-8,10-12H2,1H3,(H,22,26). The molecule has 146 valence electrons. The largest absolute Gasteiger partial charge is 0.472 e. The lowest BCUT2D eigenvalue weighted by Crippen LogP contribution is -2.46. The Labute approximate surface area is 164 Å². The minimum atomic E-state index is -0.0766. The Bertz CT molecular complexity index is 866. The second-order valence-electron chi connectivity index (χ2n) is 7.31. The molecule has 0 atom stereocenters. The molecular formula is C21H24N4O3. The van der Waals surface area contributed by atoms with Crippen molar-refractivity contribution in [1.29, 1.82) is 0 Å². The van der Waals surface area contributed by atoms with E-state index in [0.29, 0.717) is 24.2 Å². The molecule has 0 radical (unpaired) electrons. The molecule has 1 aromatic heterocycles. The van der Waals surface area contributed by atoms with Gasteiger partial charge in [0.1, 0.15) is 6.26 Å². The lowest BCUT2D eigenvalue weighted by Gasteiger charge is -2.32. The summed E-state index contributed by atoms with van der Waals surface area (Å²) in [5.41, 5.74) is 3.33. The van der Waals surface area contributed by atoms with Crippen LogP contribution in [-0.2, 0) is 0 Å². The van der Waals surface area contributed by atoms with E-state index in [9.17, 15) is 9.59 Å². The summed E-state index contributed by atoms with van der Waals surface area (Å²) >= 11 is 0. The molecule has 0 bridgehead atoms. The van der Waals surface area contributed by atoms with Crippen LogP contribution in [0, 0.1) is 0 Å². The van der Waals surface area contributed by atoms with Crippen LogP contribution in [0.2, 0.25) is 0 Å². The molecule has 2 amide bonds. The van der Waals surface area contributed by atoms with Gasteiger partial charge in [-0.05, 0) is 50.1 Å². The average molecular weight is 380 g/mol. The molecule has 7 nitrogen and oxygen atoms in total. The molecule has 28 heavy (non-hydrogen) atoms. The Kier molecular flexibility index (Phi) is 5.14. The molecule has 7 heteroatoms. The maximum Gasteiger partial charge on any atom is 0.257 e. The van der Waals surface area contributed by atoms with E-state index < -0.39 is 0 Å². The maximum absolute atomic E-state index is 12.6. The molecule has 1 N–H and O–H groups in total. The first-order valence-electron chi connectivity index (χ1n) is 9.64. The van der Waals surface area contributed by atoms with E-state index >= 15 is 0 Å². The molecule has 0 spiro atoms. The van der Waals surface area contributed by atoms with Gasteiger partial charge < -0.3 is 14.6 Å². The maximum atomic E-state index is 12.6. The number of carbonyl (C=O) groups excluding carboxylic acids is 2. The number of nitrogens with one attached hydrogen (secondary N) is 1. The molecule has 2 aliphatic heterocycles. The number of hydrogen-bond acceptors (Lipinski definition) is 5. The molecule has 3 heterocycles. The van der Waals surface area contributed by atoms with Gasteiger partial charge in [-0.25, -0.2) is 0 Å². The van der Waals surface area contributed by atoms with Crippen molar-refractivity contribution in [3.05, 3.63) is 54.0 Å². The third-order valence-electron chi connectivity index (χ3n) is 5.29. The van der Waals surface area contributed by atoms with Crippen LogP contribution >= 0.6 is 0 Å². The number of rotatable bonds is 4. The predicted octanol–water partition coefficient (Wildman–Crippen LogP) is 2.90. The summed E-state index contributed by atoms with van der Waals surface area (Å²) in [4.78, 5) is 26.7. The highest BCUT2D eigenvalue weighted by molar-refractivity contribution is 5.95. The van der Waals surface area contributed by atoms with Crippen LogP contribution in [-0.4, -0.2) is 48.1 Å². The Morgan fingerprint density at radius 1 is 1.07 bits per heavy atom. The fourth-order valence-electron chi connectivity index (χ4n) is 3.61. The first-order chi connectivity index (χ1) is 13.6. The monoisotopic (exact) mass is 380 g/mol. The molecule has 0 aliphatic carbocycles. The summed E-state index contributed by atoms with van der Waals surface area (Å²) in [5, 5.41) is 9.53. The van der Waals surface area contributed by atoms with E-state index in [-0.39, 0.29) is 17.9 Å². The third-order valence-corrected chi connectivity index (χ3v) is 5.29. The van der Waals surface area contributed by atoms with Crippen LogP contribution in [0.25, 0.3) is 0 Å². The Balaban J connectivity index is 1.29. The van der Waals surface area contributed by atoms with Gasteiger partial charge in [-0.15, -0.1) is 0 Å². The van der Waals surface area contributed by atoms with Crippen molar-refractivity contribution in [2.45, 2.75) is 32.2 Å². The minimum absolute atomic E-state index is 0.0195. The quantitative estimate of drug-likeness (QED) is 0.885. The van der Waals surface area contributed by atoms with E-state index in [1.165, 1.54) is 12.5 Å². The van der Waals surface area contributed by atoms with Crippen LogP contribution < -0.4 is 10.3 Å². The van der Waals surface area contributed by atoms with Crippen molar-refractivity contribution in [3.63, 3.8) is 0 Å².